The van der Waals surface area contributed by atoms with E-state index in [-0.39, 0.29) is 0 Å². The molecule has 2 aromatic rings. The Morgan fingerprint density at radius 3 is 2.82 bits per heavy atom. The zero-order chi connectivity index (χ0) is 12.3. The fraction of sp³-hybridized carbons (Fsp3) is 0.308. The minimum Gasteiger partial charge on any atom is -0.390 e. The molecule has 0 saturated heterocycles. The van der Waals surface area contributed by atoms with Gasteiger partial charge in [-0.2, -0.15) is 0 Å². The van der Waals surface area contributed by atoms with Crippen molar-refractivity contribution in [3.8, 4) is 0 Å². The van der Waals surface area contributed by atoms with Crippen molar-refractivity contribution < 1.29 is 10.2 Å². The Morgan fingerprint density at radius 2 is 2.06 bits per heavy atom. The van der Waals surface area contributed by atoms with E-state index >= 15 is 0 Å². The number of benzene rings is 1. The Balaban J connectivity index is 2.41. The van der Waals surface area contributed by atoms with Gasteiger partial charge in [-0.3, -0.25) is 4.98 Å². The second kappa shape index (κ2) is 5.58. The molecule has 0 saturated carbocycles. The third kappa shape index (κ3) is 2.65. The summed E-state index contributed by atoms with van der Waals surface area (Å²) in [5.74, 6) is 0. The van der Waals surface area contributed by atoms with E-state index in [0.717, 1.165) is 16.3 Å². The molecule has 0 spiro atoms. The van der Waals surface area contributed by atoms with Gasteiger partial charge in [0, 0.05) is 23.1 Å². The number of aliphatic hydroxyl groups is 2. The second-order valence-corrected chi connectivity index (χ2v) is 4.73. The molecular formula is C13H14BrNO2. The number of hydrogen-bond donors (Lipinski definition) is 2. The van der Waals surface area contributed by atoms with E-state index in [0.29, 0.717) is 11.8 Å². The van der Waals surface area contributed by atoms with Crippen molar-refractivity contribution in [3.63, 3.8) is 0 Å². The number of halogens is 1. The van der Waals surface area contributed by atoms with Crippen LogP contribution >= 0.6 is 15.9 Å². The van der Waals surface area contributed by atoms with Crippen LogP contribution in [0, 0.1) is 0 Å². The number of hydrogen-bond acceptors (Lipinski definition) is 3. The van der Waals surface area contributed by atoms with E-state index in [1.165, 1.54) is 0 Å². The third-order valence-electron chi connectivity index (χ3n) is 2.81. The van der Waals surface area contributed by atoms with Gasteiger partial charge < -0.3 is 10.2 Å². The number of rotatable bonds is 4. The molecule has 2 rings (SSSR count). The van der Waals surface area contributed by atoms with Crippen molar-refractivity contribution >= 4 is 26.7 Å². The van der Waals surface area contributed by atoms with Crippen LogP contribution in [0.5, 0.6) is 0 Å². The van der Waals surface area contributed by atoms with Gasteiger partial charge in [0.05, 0.1) is 6.10 Å². The van der Waals surface area contributed by atoms with Crippen molar-refractivity contribution in [1.29, 1.82) is 0 Å². The average molecular weight is 296 g/mol. The molecule has 90 valence electrons. The van der Waals surface area contributed by atoms with Crippen molar-refractivity contribution in [2.24, 2.45) is 0 Å². The Bertz CT molecular complexity index is 498. The van der Waals surface area contributed by atoms with Crippen molar-refractivity contribution in [3.05, 3.63) is 42.2 Å². The van der Waals surface area contributed by atoms with Gasteiger partial charge in [0.1, 0.15) is 6.10 Å². The monoisotopic (exact) mass is 295 g/mol. The Hall–Kier alpha value is -0.970. The Labute approximate surface area is 108 Å². The number of alkyl halides is 1. The molecule has 17 heavy (non-hydrogen) atoms. The van der Waals surface area contributed by atoms with Crippen LogP contribution in [0.3, 0.4) is 0 Å². The summed E-state index contributed by atoms with van der Waals surface area (Å²) in [7, 11) is 0. The summed E-state index contributed by atoms with van der Waals surface area (Å²) >= 11 is 3.26. The summed E-state index contributed by atoms with van der Waals surface area (Å²) in [6, 6.07) is 7.56. The van der Waals surface area contributed by atoms with Crippen molar-refractivity contribution in [1.82, 2.24) is 4.98 Å². The number of fused-ring (bicyclic) bond motifs is 1. The molecule has 0 aliphatic carbocycles. The van der Waals surface area contributed by atoms with Gasteiger partial charge in [-0.1, -0.05) is 34.1 Å². The summed E-state index contributed by atoms with van der Waals surface area (Å²) in [4.78, 5) is 4.06. The van der Waals surface area contributed by atoms with E-state index in [9.17, 15) is 10.2 Å². The van der Waals surface area contributed by atoms with Gasteiger partial charge >= 0.3 is 0 Å². The number of pyridine rings is 1. The largest absolute Gasteiger partial charge is 0.390 e. The van der Waals surface area contributed by atoms with Crippen LogP contribution < -0.4 is 0 Å². The minimum atomic E-state index is -0.875. The molecule has 1 aromatic carbocycles. The van der Waals surface area contributed by atoms with Crippen LogP contribution in [-0.4, -0.2) is 26.6 Å². The molecule has 0 aliphatic heterocycles. The number of nitrogens with zero attached hydrogens (tertiary/aromatic N) is 1. The van der Waals surface area contributed by atoms with Crippen LogP contribution in [0.4, 0.5) is 0 Å². The first-order chi connectivity index (χ1) is 8.24. The maximum absolute atomic E-state index is 10.1. The van der Waals surface area contributed by atoms with Gasteiger partial charge in [0.2, 0.25) is 0 Å². The molecule has 0 amide bonds. The van der Waals surface area contributed by atoms with Crippen LogP contribution in [0.1, 0.15) is 18.1 Å². The third-order valence-corrected chi connectivity index (χ3v) is 3.26. The quantitative estimate of drug-likeness (QED) is 0.852. The lowest BCUT2D eigenvalue weighted by Gasteiger charge is -2.18. The van der Waals surface area contributed by atoms with E-state index in [1.807, 2.05) is 24.3 Å². The predicted octanol–water partition coefficient (Wildman–Crippen LogP) is 2.41. The van der Waals surface area contributed by atoms with Crippen LogP contribution in [-0.2, 0) is 0 Å². The highest BCUT2D eigenvalue weighted by atomic mass is 79.9. The minimum absolute atomic E-state index is 0.512. The van der Waals surface area contributed by atoms with E-state index in [4.69, 9.17) is 0 Å². The van der Waals surface area contributed by atoms with Gasteiger partial charge in [0.15, 0.2) is 0 Å². The molecule has 2 unspecified atom stereocenters. The molecule has 1 aromatic heterocycles. The summed E-state index contributed by atoms with van der Waals surface area (Å²) in [5.41, 5.74) is 0.726. The second-order valence-electron chi connectivity index (χ2n) is 3.93. The highest BCUT2D eigenvalue weighted by Gasteiger charge is 2.19. The van der Waals surface area contributed by atoms with E-state index < -0.39 is 12.2 Å². The maximum atomic E-state index is 10.1. The van der Waals surface area contributed by atoms with Crippen LogP contribution in [0.25, 0.3) is 10.8 Å². The zero-order valence-electron chi connectivity index (χ0n) is 9.25. The number of aliphatic hydroxyl groups excluding tert-OH is 2. The summed E-state index contributed by atoms with van der Waals surface area (Å²) < 4.78 is 0. The lowest BCUT2D eigenvalue weighted by atomic mass is 9.98. The average Bonchev–Trinajstić information content (AvgIpc) is 2.37. The highest BCUT2D eigenvalue weighted by Crippen LogP contribution is 2.26. The van der Waals surface area contributed by atoms with Gasteiger partial charge in [-0.25, -0.2) is 0 Å². The van der Waals surface area contributed by atoms with E-state index in [2.05, 4.69) is 20.9 Å². The Kier molecular flexibility index (Phi) is 4.10. The van der Waals surface area contributed by atoms with Gasteiger partial charge in [-0.05, 0) is 23.4 Å². The van der Waals surface area contributed by atoms with Crippen LogP contribution in [0.15, 0.2) is 36.7 Å². The topological polar surface area (TPSA) is 53.4 Å². The first kappa shape index (κ1) is 12.5. The molecule has 2 atom stereocenters. The summed E-state index contributed by atoms with van der Waals surface area (Å²) in [6.45, 7) is 0. The van der Waals surface area contributed by atoms with Gasteiger partial charge in [-0.15, -0.1) is 0 Å². The SMILES string of the molecule is OC(CCBr)C(O)c1cccc2ccncc12. The molecule has 0 radical (unpaired) electrons. The summed E-state index contributed by atoms with van der Waals surface area (Å²) in [6.07, 6.45) is 2.31. The molecule has 3 nitrogen and oxygen atoms in total. The first-order valence-corrected chi connectivity index (χ1v) is 6.61. The summed E-state index contributed by atoms with van der Waals surface area (Å²) in [5, 5.41) is 22.5. The lowest BCUT2D eigenvalue weighted by molar-refractivity contribution is 0.0182. The smallest absolute Gasteiger partial charge is 0.106 e. The molecule has 1 heterocycles. The zero-order valence-corrected chi connectivity index (χ0v) is 10.8. The molecule has 2 N–H and O–H groups in total. The maximum Gasteiger partial charge on any atom is 0.106 e. The number of aromatic nitrogens is 1. The van der Waals surface area contributed by atoms with Crippen LogP contribution in [0.2, 0.25) is 0 Å². The normalized spacial score (nSPS) is 14.8. The lowest BCUT2D eigenvalue weighted by Crippen LogP contribution is -2.18. The van der Waals surface area contributed by atoms with Gasteiger partial charge in [0.25, 0.3) is 0 Å². The van der Waals surface area contributed by atoms with Crippen molar-refractivity contribution in [2.75, 3.05) is 5.33 Å². The molecular weight excluding hydrogens is 282 g/mol. The molecule has 0 bridgehead atoms. The van der Waals surface area contributed by atoms with E-state index in [1.54, 1.807) is 12.4 Å². The van der Waals surface area contributed by atoms with Crippen molar-refractivity contribution in [2.45, 2.75) is 18.6 Å². The first-order valence-electron chi connectivity index (χ1n) is 5.49. The Morgan fingerprint density at radius 1 is 1.24 bits per heavy atom. The standard InChI is InChI=1S/C13H14BrNO2/c14-6-4-12(16)13(17)10-3-1-2-9-5-7-15-8-11(9)10/h1-3,5,7-8,12-13,16-17H,4,6H2. The highest BCUT2D eigenvalue weighted by molar-refractivity contribution is 9.09. The fourth-order valence-electron chi connectivity index (χ4n) is 1.87. The fourth-order valence-corrected chi connectivity index (χ4v) is 2.34. The molecule has 0 aliphatic rings. The predicted molar refractivity (Wildman–Crippen MR) is 71.1 cm³/mol. The molecule has 0 fully saturated rings. The molecule has 4 heteroatoms.